The lowest BCUT2D eigenvalue weighted by molar-refractivity contribution is -0.151. The van der Waals surface area contributed by atoms with Gasteiger partial charge in [0, 0.05) is 30.0 Å². The molecular formula is C24H29NO7. The first-order valence-electron chi connectivity index (χ1n) is 10.5. The van der Waals surface area contributed by atoms with Crippen LogP contribution in [0.15, 0.2) is 46.8 Å². The zero-order chi connectivity index (χ0) is 23.4. The molecule has 8 heteroatoms. The molecule has 3 rings (SSSR count). The fraction of sp³-hybridized carbons (Fsp3) is 0.458. The third-order valence-corrected chi connectivity index (χ3v) is 5.93. The highest BCUT2D eigenvalue weighted by Gasteiger charge is 2.47. The van der Waals surface area contributed by atoms with Gasteiger partial charge in [0.25, 0.3) is 0 Å². The third kappa shape index (κ3) is 4.41. The number of benzene rings is 1. The third-order valence-electron chi connectivity index (χ3n) is 5.93. The fourth-order valence-corrected chi connectivity index (χ4v) is 4.38. The molecule has 0 spiro atoms. The van der Waals surface area contributed by atoms with E-state index in [1.807, 2.05) is 19.1 Å². The standard InChI is InChI=1S/C24H29NO7/c1-13-12-17-21(22(26)18(13)23(27)31-5)20(15-6-8-16(30-4)9-7-15)19(14(2)25-17)24(28)32-11-10-29-3/h6-9,13,18,20,25H,10-12H2,1-5H3/t13-,18+,20-/m1/s1. The highest BCUT2D eigenvalue weighted by Crippen LogP contribution is 2.45. The number of hydrogen-bond donors (Lipinski definition) is 1. The number of hydrogen-bond acceptors (Lipinski definition) is 8. The van der Waals surface area contributed by atoms with Gasteiger partial charge in [0.15, 0.2) is 5.78 Å². The summed E-state index contributed by atoms with van der Waals surface area (Å²) in [5.41, 5.74) is 2.78. The van der Waals surface area contributed by atoms with Gasteiger partial charge in [0.1, 0.15) is 18.3 Å². The summed E-state index contributed by atoms with van der Waals surface area (Å²) in [4.78, 5) is 39.1. The van der Waals surface area contributed by atoms with Crippen molar-refractivity contribution in [2.24, 2.45) is 11.8 Å². The van der Waals surface area contributed by atoms with Gasteiger partial charge >= 0.3 is 11.9 Å². The van der Waals surface area contributed by atoms with E-state index >= 15 is 0 Å². The zero-order valence-electron chi connectivity index (χ0n) is 19.0. The molecule has 1 aromatic rings. The Bertz CT molecular complexity index is 961. The highest BCUT2D eigenvalue weighted by molar-refractivity contribution is 6.12. The summed E-state index contributed by atoms with van der Waals surface area (Å²) in [5.74, 6) is -2.64. The maximum absolute atomic E-state index is 13.6. The summed E-state index contributed by atoms with van der Waals surface area (Å²) in [7, 11) is 4.36. The lowest BCUT2D eigenvalue weighted by Crippen LogP contribution is -2.43. The smallest absolute Gasteiger partial charge is 0.336 e. The van der Waals surface area contributed by atoms with Crippen molar-refractivity contribution < 1.29 is 33.3 Å². The Morgan fingerprint density at radius 2 is 1.78 bits per heavy atom. The Morgan fingerprint density at radius 3 is 2.38 bits per heavy atom. The molecular weight excluding hydrogens is 414 g/mol. The Kier molecular flexibility index (Phi) is 7.35. The van der Waals surface area contributed by atoms with E-state index in [1.54, 1.807) is 26.2 Å². The van der Waals surface area contributed by atoms with Crippen LogP contribution in [-0.4, -0.2) is 52.3 Å². The molecule has 0 saturated carbocycles. The lowest BCUT2D eigenvalue weighted by Gasteiger charge is -2.38. The Hall–Kier alpha value is -3.13. The van der Waals surface area contributed by atoms with Crippen molar-refractivity contribution in [2.45, 2.75) is 26.2 Å². The summed E-state index contributed by atoms with van der Waals surface area (Å²) in [6.45, 7) is 3.98. The maximum Gasteiger partial charge on any atom is 0.336 e. The topological polar surface area (TPSA) is 100 Å². The van der Waals surface area contributed by atoms with E-state index in [1.165, 1.54) is 14.2 Å². The van der Waals surface area contributed by atoms with Gasteiger partial charge in [-0.2, -0.15) is 0 Å². The second-order valence-corrected chi connectivity index (χ2v) is 7.94. The summed E-state index contributed by atoms with van der Waals surface area (Å²) in [5, 5.41) is 3.23. The van der Waals surface area contributed by atoms with Crippen molar-refractivity contribution in [2.75, 3.05) is 34.5 Å². The molecule has 0 unspecified atom stereocenters. The number of carbonyl (C=O) groups is 3. The zero-order valence-corrected chi connectivity index (χ0v) is 19.0. The van der Waals surface area contributed by atoms with Crippen molar-refractivity contribution in [3.63, 3.8) is 0 Å². The molecule has 1 aliphatic heterocycles. The summed E-state index contributed by atoms with van der Waals surface area (Å²) < 4.78 is 20.5. The molecule has 0 radical (unpaired) electrons. The number of nitrogens with one attached hydrogen (secondary N) is 1. The molecule has 1 aromatic carbocycles. The van der Waals surface area contributed by atoms with E-state index in [2.05, 4.69) is 5.32 Å². The monoisotopic (exact) mass is 443 g/mol. The fourth-order valence-electron chi connectivity index (χ4n) is 4.38. The number of methoxy groups -OCH3 is 3. The van der Waals surface area contributed by atoms with Crippen LogP contribution in [-0.2, 0) is 28.6 Å². The molecule has 8 nitrogen and oxygen atoms in total. The van der Waals surface area contributed by atoms with Crippen LogP contribution in [0.25, 0.3) is 0 Å². The van der Waals surface area contributed by atoms with Gasteiger partial charge in [-0.15, -0.1) is 0 Å². The molecule has 0 saturated heterocycles. The number of dihydropyridines is 1. The van der Waals surface area contributed by atoms with Gasteiger partial charge in [-0.1, -0.05) is 19.1 Å². The van der Waals surface area contributed by atoms with Crippen molar-refractivity contribution in [3.8, 4) is 5.75 Å². The van der Waals surface area contributed by atoms with Gasteiger partial charge in [0.05, 0.1) is 26.4 Å². The van der Waals surface area contributed by atoms with Crippen LogP contribution in [0.3, 0.4) is 0 Å². The SMILES string of the molecule is COCCOC(=O)C1=C(C)NC2=C(C(=O)[C@@H](C(=O)OC)[C@H](C)C2)[C@@H]1c1ccc(OC)cc1. The van der Waals surface area contributed by atoms with Gasteiger partial charge in [-0.05, 0) is 37.0 Å². The highest BCUT2D eigenvalue weighted by atomic mass is 16.6. The summed E-state index contributed by atoms with van der Waals surface area (Å²) in [6, 6.07) is 7.17. The molecule has 1 heterocycles. The second kappa shape index (κ2) is 9.99. The molecule has 1 aliphatic carbocycles. The van der Waals surface area contributed by atoms with Gasteiger partial charge in [-0.25, -0.2) is 4.79 Å². The number of rotatable bonds is 7. The number of ketones is 1. The second-order valence-electron chi connectivity index (χ2n) is 7.94. The van der Waals surface area contributed by atoms with Crippen molar-refractivity contribution in [3.05, 3.63) is 52.4 Å². The van der Waals surface area contributed by atoms with Gasteiger partial charge in [-0.3, -0.25) is 9.59 Å². The summed E-state index contributed by atoms with van der Waals surface area (Å²) >= 11 is 0. The molecule has 1 N–H and O–H groups in total. The minimum atomic E-state index is -0.925. The van der Waals surface area contributed by atoms with Crippen LogP contribution in [0.2, 0.25) is 0 Å². The number of esters is 2. The van der Waals surface area contributed by atoms with Crippen LogP contribution < -0.4 is 10.1 Å². The average molecular weight is 443 g/mol. The first-order valence-corrected chi connectivity index (χ1v) is 10.5. The molecule has 3 atom stereocenters. The first kappa shape index (κ1) is 23.5. The maximum atomic E-state index is 13.6. The average Bonchev–Trinajstić information content (AvgIpc) is 2.78. The van der Waals surface area contributed by atoms with E-state index < -0.39 is 23.8 Å². The Labute approximate surface area is 187 Å². The quantitative estimate of drug-likeness (QED) is 0.390. The Balaban J connectivity index is 2.11. The molecule has 0 amide bonds. The van der Waals surface area contributed by atoms with E-state index in [9.17, 15) is 14.4 Å². The van der Waals surface area contributed by atoms with E-state index in [0.29, 0.717) is 29.0 Å². The van der Waals surface area contributed by atoms with Crippen molar-refractivity contribution >= 4 is 17.7 Å². The molecule has 0 fully saturated rings. The number of allylic oxidation sites excluding steroid dienone is 3. The minimum Gasteiger partial charge on any atom is -0.497 e. The molecule has 172 valence electrons. The molecule has 2 aliphatic rings. The van der Waals surface area contributed by atoms with E-state index in [-0.39, 0.29) is 24.9 Å². The lowest BCUT2D eigenvalue weighted by atomic mass is 9.69. The van der Waals surface area contributed by atoms with Crippen LogP contribution in [0, 0.1) is 11.8 Å². The minimum absolute atomic E-state index is 0.0864. The number of ether oxygens (including phenoxy) is 4. The number of carbonyl (C=O) groups excluding carboxylic acids is 3. The molecule has 32 heavy (non-hydrogen) atoms. The van der Waals surface area contributed by atoms with E-state index in [0.717, 1.165) is 11.3 Å². The normalized spacial score (nSPS) is 22.8. The van der Waals surface area contributed by atoms with Gasteiger partial charge in [0.2, 0.25) is 0 Å². The van der Waals surface area contributed by atoms with Crippen LogP contribution in [0.4, 0.5) is 0 Å². The number of Topliss-reactive ketones (excluding diaryl/α,β-unsaturated/α-hetero) is 1. The largest absolute Gasteiger partial charge is 0.497 e. The van der Waals surface area contributed by atoms with Crippen LogP contribution in [0.5, 0.6) is 5.75 Å². The molecule has 0 aromatic heterocycles. The predicted octanol–water partition coefficient (Wildman–Crippen LogP) is 2.50. The van der Waals surface area contributed by atoms with Crippen LogP contribution >= 0.6 is 0 Å². The predicted molar refractivity (Wildman–Crippen MR) is 116 cm³/mol. The summed E-state index contributed by atoms with van der Waals surface area (Å²) in [6.07, 6.45) is 0.483. The molecule has 0 bridgehead atoms. The van der Waals surface area contributed by atoms with Gasteiger partial charge < -0.3 is 24.3 Å². The van der Waals surface area contributed by atoms with E-state index in [4.69, 9.17) is 18.9 Å². The van der Waals surface area contributed by atoms with Crippen molar-refractivity contribution in [1.29, 1.82) is 0 Å². The van der Waals surface area contributed by atoms with Crippen LogP contribution in [0.1, 0.15) is 31.7 Å². The van der Waals surface area contributed by atoms with Crippen molar-refractivity contribution in [1.82, 2.24) is 5.32 Å². The first-order chi connectivity index (χ1) is 15.3. The Morgan fingerprint density at radius 1 is 1.09 bits per heavy atom.